The second kappa shape index (κ2) is 12.2. The molecule has 25 heavy (non-hydrogen) atoms. The van der Waals surface area contributed by atoms with Crippen LogP contribution in [0.1, 0.15) is 12.8 Å². The maximum absolute atomic E-state index is 5.72. The summed E-state index contributed by atoms with van der Waals surface area (Å²) in [6.07, 6.45) is 2.04. The number of hydrogen-bond donors (Lipinski definition) is 1. The molecule has 1 atom stereocenters. The molecule has 1 N–H and O–H groups in total. The predicted octanol–water partition coefficient (Wildman–Crippen LogP) is 2.63. The number of benzene rings is 1. The Morgan fingerprint density at radius 2 is 2.04 bits per heavy atom. The van der Waals surface area contributed by atoms with Crippen LogP contribution in [0, 0.1) is 5.92 Å². The number of methoxy groups -OCH3 is 1. The van der Waals surface area contributed by atoms with Gasteiger partial charge in [0.2, 0.25) is 0 Å². The molecule has 0 bridgehead atoms. The second-order valence-electron chi connectivity index (χ2n) is 5.96. The zero-order chi connectivity index (χ0) is 17.2. The first kappa shape index (κ1) is 21.8. The largest absolute Gasteiger partial charge is 0.497 e. The van der Waals surface area contributed by atoms with Crippen molar-refractivity contribution in [2.75, 3.05) is 54.1 Å². The van der Waals surface area contributed by atoms with Gasteiger partial charge in [0.05, 0.1) is 20.3 Å². The van der Waals surface area contributed by atoms with Crippen molar-refractivity contribution in [2.45, 2.75) is 12.8 Å². The van der Waals surface area contributed by atoms with E-state index in [0.717, 1.165) is 56.6 Å². The Labute approximate surface area is 167 Å². The summed E-state index contributed by atoms with van der Waals surface area (Å²) in [6.45, 7) is 4.21. The van der Waals surface area contributed by atoms with Gasteiger partial charge in [-0.3, -0.25) is 4.99 Å². The Hall–Kier alpha value is -1.22. The Kier molecular flexibility index (Phi) is 10.6. The van der Waals surface area contributed by atoms with Crippen LogP contribution in [0.15, 0.2) is 29.3 Å². The van der Waals surface area contributed by atoms with Gasteiger partial charge in [-0.15, -0.1) is 24.0 Å². The smallest absolute Gasteiger partial charge is 0.193 e. The Balaban J connectivity index is 0.00000312. The minimum absolute atomic E-state index is 0. The third kappa shape index (κ3) is 7.68. The summed E-state index contributed by atoms with van der Waals surface area (Å²) in [7, 11) is 5.55. The van der Waals surface area contributed by atoms with Crippen molar-refractivity contribution in [1.82, 2.24) is 10.2 Å². The van der Waals surface area contributed by atoms with Crippen molar-refractivity contribution >= 4 is 29.9 Å². The first-order chi connectivity index (χ1) is 11.7. The summed E-state index contributed by atoms with van der Waals surface area (Å²) in [5.74, 6) is 3.22. The average Bonchev–Trinajstić information content (AvgIpc) is 3.11. The van der Waals surface area contributed by atoms with Gasteiger partial charge in [0.1, 0.15) is 11.5 Å². The van der Waals surface area contributed by atoms with E-state index in [-0.39, 0.29) is 24.0 Å². The molecular weight excluding hydrogens is 433 g/mol. The summed E-state index contributed by atoms with van der Waals surface area (Å²) < 4.78 is 16.3. The maximum Gasteiger partial charge on any atom is 0.193 e. The van der Waals surface area contributed by atoms with Crippen molar-refractivity contribution in [3.63, 3.8) is 0 Å². The summed E-state index contributed by atoms with van der Waals surface area (Å²) >= 11 is 0. The lowest BCUT2D eigenvalue weighted by atomic mass is 10.1. The van der Waals surface area contributed by atoms with Crippen LogP contribution in [0.3, 0.4) is 0 Å². The van der Waals surface area contributed by atoms with Gasteiger partial charge in [0, 0.05) is 39.7 Å². The third-order valence-electron chi connectivity index (χ3n) is 4.06. The maximum atomic E-state index is 5.72. The number of halogens is 1. The van der Waals surface area contributed by atoms with Gasteiger partial charge >= 0.3 is 0 Å². The number of ether oxygens (including phenoxy) is 3. The molecule has 0 amide bonds. The van der Waals surface area contributed by atoms with Gasteiger partial charge < -0.3 is 24.4 Å². The van der Waals surface area contributed by atoms with Crippen LogP contribution in [0.2, 0.25) is 0 Å². The minimum Gasteiger partial charge on any atom is -0.497 e. The normalized spacial score (nSPS) is 16.9. The first-order valence-electron chi connectivity index (χ1n) is 8.49. The Bertz CT molecular complexity index is 505. The van der Waals surface area contributed by atoms with Gasteiger partial charge in [0.25, 0.3) is 0 Å². The number of hydrogen-bond acceptors (Lipinski definition) is 4. The fourth-order valence-corrected chi connectivity index (χ4v) is 2.72. The number of rotatable bonds is 8. The molecule has 142 valence electrons. The molecule has 6 nitrogen and oxygen atoms in total. The van der Waals surface area contributed by atoms with Crippen molar-refractivity contribution in [3.05, 3.63) is 24.3 Å². The Morgan fingerprint density at radius 3 is 2.64 bits per heavy atom. The lowest BCUT2D eigenvalue weighted by molar-refractivity contribution is 0.181. The van der Waals surface area contributed by atoms with Gasteiger partial charge in [0.15, 0.2) is 5.96 Å². The summed E-state index contributed by atoms with van der Waals surface area (Å²) in [5.41, 5.74) is 0. The molecule has 0 radical (unpaired) electrons. The molecule has 1 saturated heterocycles. The van der Waals surface area contributed by atoms with Crippen molar-refractivity contribution in [2.24, 2.45) is 10.9 Å². The van der Waals surface area contributed by atoms with E-state index in [9.17, 15) is 0 Å². The van der Waals surface area contributed by atoms with Crippen LogP contribution in [0.5, 0.6) is 11.5 Å². The third-order valence-corrected chi connectivity index (χ3v) is 4.06. The molecule has 7 heteroatoms. The zero-order valence-corrected chi connectivity index (χ0v) is 17.7. The van der Waals surface area contributed by atoms with Crippen molar-refractivity contribution < 1.29 is 14.2 Å². The predicted molar refractivity (Wildman–Crippen MR) is 111 cm³/mol. The van der Waals surface area contributed by atoms with Crippen LogP contribution in [-0.2, 0) is 4.74 Å². The van der Waals surface area contributed by atoms with E-state index in [1.165, 1.54) is 0 Å². The van der Waals surface area contributed by atoms with Crippen LogP contribution >= 0.6 is 24.0 Å². The SMILES string of the molecule is CN=C(NCCCOc1ccc(OC)cc1)N(C)CC1CCOC1.I. The van der Waals surface area contributed by atoms with E-state index >= 15 is 0 Å². The first-order valence-corrected chi connectivity index (χ1v) is 8.49. The monoisotopic (exact) mass is 463 g/mol. The Morgan fingerprint density at radius 1 is 1.32 bits per heavy atom. The molecule has 1 aromatic carbocycles. The highest BCUT2D eigenvalue weighted by molar-refractivity contribution is 14.0. The molecule has 0 aromatic heterocycles. The fraction of sp³-hybridized carbons (Fsp3) is 0.611. The van der Waals surface area contributed by atoms with Crippen molar-refractivity contribution in [1.29, 1.82) is 0 Å². The molecule has 1 unspecified atom stereocenters. The highest BCUT2D eigenvalue weighted by Crippen LogP contribution is 2.17. The average molecular weight is 463 g/mol. The molecule has 0 spiro atoms. The topological polar surface area (TPSA) is 55.3 Å². The summed E-state index contributed by atoms with van der Waals surface area (Å²) in [6, 6.07) is 7.64. The van der Waals surface area contributed by atoms with E-state index in [2.05, 4.69) is 22.3 Å². The standard InChI is InChI=1S/C18H29N3O3.HI/c1-19-18(21(2)13-15-9-12-23-14-15)20-10-4-11-24-17-7-5-16(22-3)6-8-17;/h5-8,15H,4,9-14H2,1-3H3,(H,19,20);1H. The zero-order valence-electron chi connectivity index (χ0n) is 15.4. The van der Waals surface area contributed by atoms with E-state index < -0.39 is 0 Å². The molecule has 0 aliphatic carbocycles. The number of guanidine groups is 1. The molecule has 1 aliphatic heterocycles. The minimum atomic E-state index is 0. The lowest BCUT2D eigenvalue weighted by Gasteiger charge is -2.24. The van der Waals surface area contributed by atoms with Crippen LogP contribution < -0.4 is 14.8 Å². The highest BCUT2D eigenvalue weighted by Gasteiger charge is 2.18. The number of nitrogens with one attached hydrogen (secondary N) is 1. The molecule has 0 saturated carbocycles. The molecule has 1 aliphatic rings. The lowest BCUT2D eigenvalue weighted by Crippen LogP contribution is -2.42. The van der Waals surface area contributed by atoms with Gasteiger partial charge in [-0.25, -0.2) is 0 Å². The molecule has 1 heterocycles. The molecule has 1 aromatic rings. The number of aliphatic imine (C=N–C) groups is 1. The van der Waals surface area contributed by atoms with Gasteiger partial charge in [-0.05, 0) is 37.1 Å². The summed E-state index contributed by atoms with van der Waals surface area (Å²) in [5, 5.41) is 3.38. The van der Waals surface area contributed by atoms with Crippen LogP contribution in [-0.4, -0.2) is 65.0 Å². The van der Waals surface area contributed by atoms with E-state index in [1.54, 1.807) is 7.11 Å². The van der Waals surface area contributed by atoms with E-state index in [4.69, 9.17) is 14.2 Å². The number of nitrogens with zero attached hydrogens (tertiary/aromatic N) is 2. The van der Waals surface area contributed by atoms with Crippen LogP contribution in [0.4, 0.5) is 0 Å². The fourth-order valence-electron chi connectivity index (χ4n) is 2.72. The molecule has 2 rings (SSSR count). The molecule has 1 fully saturated rings. The van der Waals surface area contributed by atoms with E-state index in [0.29, 0.717) is 12.5 Å². The molecular formula is C18H30IN3O3. The van der Waals surface area contributed by atoms with Gasteiger partial charge in [-0.2, -0.15) is 0 Å². The van der Waals surface area contributed by atoms with E-state index in [1.807, 2.05) is 31.3 Å². The van der Waals surface area contributed by atoms with Gasteiger partial charge in [-0.1, -0.05) is 0 Å². The highest BCUT2D eigenvalue weighted by atomic mass is 127. The van der Waals surface area contributed by atoms with Crippen molar-refractivity contribution in [3.8, 4) is 11.5 Å². The quantitative estimate of drug-likeness (QED) is 0.278. The summed E-state index contributed by atoms with van der Waals surface area (Å²) in [4.78, 5) is 6.51. The van der Waals surface area contributed by atoms with Crippen LogP contribution in [0.25, 0.3) is 0 Å². The second-order valence-corrected chi connectivity index (χ2v) is 5.96.